The summed E-state index contributed by atoms with van der Waals surface area (Å²) in [4.78, 5) is 13.6. The number of hydrogen-bond donors (Lipinski definition) is 1. The van der Waals surface area contributed by atoms with Crippen molar-refractivity contribution in [1.82, 2.24) is 4.90 Å². The van der Waals surface area contributed by atoms with Crippen LogP contribution in [0.5, 0.6) is 0 Å². The van der Waals surface area contributed by atoms with Gasteiger partial charge in [0.2, 0.25) is 5.91 Å². The second-order valence-corrected chi connectivity index (χ2v) is 4.04. The Morgan fingerprint density at radius 1 is 1.33 bits per heavy atom. The standard InChI is InChI=1S/C13H15N3O2/c14-9-11-1-3-12(4-2-11)15-10-13(17)16-5-7-18-8-6-16/h1-4,15H,5-8,10H2. The summed E-state index contributed by atoms with van der Waals surface area (Å²) in [6.07, 6.45) is 0. The van der Waals surface area contributed by atoms with Crippen molar-refractivity contribution in [3.63, 3.8) is 0 Å². The van der Waals surface area contributed by atoms with Crippen LogP contribution in [0, 0.1) is 11.3 Å². The van der Waals surface area contributed by atoms with E-state index in [1.165, 1.54) is 0 Å². The van der Waals surface area contributed by atoms with E-state index >= 15 is 0 Å². The topological polar surface area (TPSA) is 65.4 Å². The van der Waals surface area contributed by atoms with Crippen LogP contribution in [0.2, 0.25) is 0 Å². The quantitative estimate of drug-likeness (QED) is 0.856. The van der Waals surface area contributed by atoms with E-state index in [0.717, 1.165) is 5.69 Å². The molecule has 0 radical (unpaired) electrons. The van der Waals surface area contributed by atoms with Crippen LogP contribution in [-0.4, -0.2) is 43.7 Å². The molecule has 1 aromatic rings. The number of hydrogen-bond acceptors (Lipinski definition) is 4. The zero-order valence-electron chi connectivity index (χ0n) is 10.1. The molecule has 0 atom stereocenters. The Bertz CT molecular complexity index is 444. The van der Waals surface area contributed by atoms with Crippen molar-refractivity contribution >= 4 is 11.6 Å². The molecule has 0 saturated carbocycles. The van der Waals surface area contributed by atoms with Gasteiger partial charge in [-0.15, -0.1) is 0 Å². The van der Waals surface area contributed by atoms with Crippen LogP contribution >= 0.6 is 0 Å². The van der Waals surface area contributed by atoms with E-state index in [1.807, 2.05) is 0 Å². The second-order valence-electron chi connectivity index (χ2n) is 4.04. The minimum atomic E-state index is 0.0719. The average Bonchev–Trinajstić information content (AvgIpc) is 2.46. The second kappa shape index (κ2) is 6.03. The molecule has 5 nitrogen and oxygen atoms in total. The van der Waals surface area contributed by atoms with E-state index in [0.29, 0.717) is 31.9 Å². The van der Waals surface area contributed by atoms with Gasteiger partial charge in [0.15, 0.2) is 0 Å². The van der Waals surface area contributed by atoms with E-state index in [2.05, 4.69) is 11.4 Å². The summed E-state index contributed by atoms with van der Waals surface area (Å²) in [6.45, 7) is 2.82. The Labute approximate surface area is 106 Å². The van der Waals surface area contributed by atoms with Gasteiger partial charge in [-0.05, 0) is 24.3 Å². The smallest absolute Gasteiger partial charge is 0.242 e. The highest BCUT2D eigenvalue weighted by molar-refractivity contribution is 5.81. The zero-order valence-corrected chi connectivity index (χ0v) is 10.1. The fourth-order valence-corrected chi connectivity index (χ4v) is 1.76. The molecule has 1 aliphatic rings. The number of ether oxygens (including phenoxy) is 1. The Morgan fingerprint density at radius 2 is 2.00 bits per heavy atom. The number of morpholine rings is 1. The third-order valence-electron chi connectivity index (χ3n) is 2.82. The predicted molar refractivity (Wildman–Crippen MR) is 67.0 cm³/mol. The Kier molecular flexibility index (Phi) is 4.15. The van der Waals surface area contributed by atoms with E-state index in [1.54, 1.807) is 29.2 Å². The number of amides is 1. The molecule has 2 rings (SSSR count). The minimum absolute atomic E-state index is 0.0719. The third kappa shape index (κ3) is 3.22. The fourth-order valence-electron chi connectivity index (χ4n) is 1.76. The fraction of sp³-hybridized carbons (Fsp3) is 0.385. The summed E-state index contributed by atoms with van der Waals surface area (Å²) in [7, 11) is 0. The first-order valence-electron chi connectivity index (χ1n) is 5.89. The van der Waals surface area contributed by atoms with Gasteiger partial charge >= 0.3 is 0 Å². The van der Waals surface area contributed by atoms with Crippen molar-refractivity contribution < 1.29 is 9.53 Å². The molecule has 0 aromatic heterocycles. The van der Waals surface area contributed by atoms with Crippen molar-refractivity contribution in [3.8, 4) is 6.07 Å². The van der Waals surface area contributed by atoms with Crippen molar-refractivity contribution in [2.45, 2.75) is 0 Å². The highest BCUT2D eigenvalue weighted by Gasteiger charge is 2.15. The van der Waals surface area contributed by atoms with E-state index < -0.39 is 0 Å². The Morgan fingerprint density at radius 3 is 2.61 bits per heavy atom. The highest BCUT2D eigenvalue weighted by Crippen LogP contribution is 2.08. The van der Waals surface area contributed by atoms with Gasteiger partial charge in [-0.25, -0.2) is 0 Å². The lowest BCUT2D eigenvalue weighted by Gasteiger charge is -2.27. The number of carbonyl (C=O) groups is 1. The molecular weight excluding hydrogens is 230 g/mol. The lowest BCUT2D eigenvalue weighted by molar-refractivity contribution is -0.133. The lowest BCUT2D eigenvalue weighted by Crippen LogP contribution is -2.43. The molecule has 5 heteroatoms. The Hall–Kier alpha value is -2.06. The van der Waals surface area contributed by atoms with Crippen LogP contribution in [-0.2, 0) is 9.53 Å². The van der Waals surface area contributed by atoms with Gasteiger partial charge in [-0.1, -0.05) is 0 Å². The maximum atomic E-state index is 11.9. The number of carbonyl (C=O) groups excluding carboxylic acids is 1. The number of nitriles is 1. The zero-order chi connectivity index (χ0) is 12.8. The molecule has 1 aliphatic heterocycles. The molecule has 0 spiro atoms. The van der Waals surface area contributed by atoms with Crippen molar-refractivity contribution in [2.75, 3.05) is 38.2 Å². The van der Waals surface area contributed by atoms with Gasteiger partial charge in [0, 0.05) is 18.8 Å². The van der Waals surface area contributed by atoms with Crippen LogP contribution in [0.4, 0.5) is 5.69 Å². The van der Waals surface area contributed by atoms with E-state index in [9.17, 15) is 4.79 Å². The molecule has 1 heterocycles. The summed E-state index contributed by atoms with van der Waals surface area (Å²) in [5, 5.41) is 11.7. The van der Waals surface area contributed by atoms with Crippen molar-refractivity contribution in [3.05, 3.63) is 29.8 Å². The van der Waals surface area contributed by atoms with Gasteiger partial charge in [0.05, 0.1) is 31.4 Å². The van der Waals surface area contributed by atoms with Crippen LogP contribution in [0.15, 0.2) is 24.3 Å². The molecule has 0 bridgehead atoms. The molecule has 1 aromatic carbocycles. The first-order chi connectivity index (χ1) is 8.79. The summed E-state index contributed by atoms with van der Waals surface area (Å²) in [5.74, 6) is 0.0719. The first-order valence-corrected chi connectivity index (χ1v) is 5.89. The predicted octanol–water partition coefficient (Wildman–Crippen LogP) is 0.829. The molecule has 0 aliphatic carbocycles. The molecule has 1 saturated heterocycles. The average molecular weight is 245 g/mol. The van der Waals surface area contributed by atoms with Crippen LogP contribution in [0.1, 0.15) is 5.56 Å². The molecule has 1 fully saturated rings. The number of anilines is 1. The maximum Gasteiger partial charge on any atom is 0.242 e. The van der Waals surface area contributed by atoms with E-state index in [4.69, 9.17) is 10.00 Å². The van der Waals surface area contributed by atoms with Crippen LogP contribution in [0.25, 0.3) is 0 Å². The van der Waals surface area contributed by atoms with E-state index in [-0.39, 0.29) is 12.5 Å². The Balaban J connectivity index is 1.83. The maximum absolute atomic E-state index is 11.9. The number of nitrogens with zero attached hydrogens (tertiary/aromatic N) is 2. The molecule has 1 amide bonds. The summed E-state index contributed by atoms with van der Waals surface area (Å²) in [5.41, 5.74) is 1.45. The van der Waals surface area contributed by atoms with Crippen LogP contribution < -0.4 is 5.32 Å². The largest absolute Gasteiger partial charge is 0.378 e. The summed E-state index contributed by atoms with van der Waals surface area (Å²) in [6, 6.07) is 9.09. The highest BCUT2D eigenvalue weighted by atomic mass is 16.5. The monoisotopic (exact) mass is 245 g/mol. The normalized spacial score (nSPS) is 14.9. The lowest BCUT2D eigenvalue weighted by atomic mass is 10.2. The minimum Gasteiger partial charge on any atom is -0.378 e. The molecule has 18 heavy (non-hydrogen) atoms. The van der Waals surface area contributed by atoms with Crippen molar-refractivity contribution in [1.29, 1.82) is 5.26 Å². The number of nitrogens with one attached hydrogen (secondary N) is 1. The number of benzene rings is 1. The van der Waals surface area contributed by atoms with Gasteiger partial charge in [0.25, 0.3) is 0 Å². The number of rotatable bonds is 3. The SMILES string of the molecule is N#Cc1ccc(NCC(=O)N2CCOCC2)cc1. The molecule has 94 valence electrons. The van der Waals surface area contributed by atoms with Crippen molar-refractivity contribution in [2.24, 2.45) is 0 Å². The van der Waals surface area contributed by atoms with Gasteiger partial charge < -0.3 is 15.0 Å². The molecular formula is C13H15N3O2. The van der Waals surface area contributed by atoms with Gasteiger partial charge in [-0.2, -0.15) is 5.26 Å². The summed E-state index contributed by atoms with van der Waals surface area (Å²) >= 11 is 0. The van der Waals surface area contributed by atoms with Crippen LogP contribution in [0.3, 0.4) is 0 Å². The molecule has 0 unspecified atom stereocenters. The van der Waals surface area contributed by atoms with Gasteiger partial charge in [0.1, 0.15) is 0 Å². The third-order valence-corrected chi connectivity index (χ3v) is 2.82. The summed E-state index contributed by atoms with van der Waals surface area (Å²) < 4.78 is 5.19. The van der Waals surface area contributed by atoms with Gasteiger partial charge in [-0.3, -0.25) is 4.79 Å². The first kappa shape index (κ1) is 12.4. The molecule has 1 N–H and O–H groups in total.